The van der Waals surface area contributed by atoms with E-state index in [2.05, 4.69) is 15.6 Å². The molecule has 0 atom stereocenters. The summed E-state index contributed by atoms with van der Waals surface area (Å²) in [5, 5.41) is 6.04. The van der Waals surface area contributed by atoms with Crippen LogP contribution in [0, 0.1) is 0 Å². The van der Waals surface area contributed by atoms with Gasteiger partial charge in [-0.15, -0.1) is 0 Å². The Labute approximate surface area is 110 Å². The van der Waals surface area contributed by atoms with Gasteiger partial charge in [-0.1, -0.05) is 17.7 Å². The molecule has 0 radical (unpaired) electrons. The van der Waals surface area contributed by atoms with E-state index in [0.29, 0.717) is 23.8 Å². The Kier molecular flexibility index (Phi) is 4.20. The smallest absolute Gasteiger partial charge is 0.319 e. The third-order valence-electron chi connectivity index (χ3n) is 2.30. The first-order valence-electron chi connectivity index (χ1n) is 5.50. The molecule has 94 valence electrons. The SMILES string of the molecule is O=C(NCCn1ccnc1)Nc1cccc(Cl)c1. The zero-order valence-electron chi connectivity index (χ0n) is 9.64. The number of rotatable bonds is 4. The first kappa shape index (κ1) is 12.4. The zero-order chi connectivity index (χ0) is 12.8. The molecule has 0 aliphatic carbocycles. The van der Waals surface area contributed by atoms with Crippen molar-refractivity contribution in [3.05, 3.63) is 48.0 Å². The standard InChI is InChI=1S/C12H13ClN4O/c13-10-2-1-3-11(8-10)16-12(18)15-5-7-17-6-4-14-9-17/h1-4,6,8-9H,5,7H2,(H2,15,16,18). The summed E-state index contributed by atoms with van der Waals surface area (Å²) in [7, 11) is 0. The predicted molar refractivity (Wildman–Crippen MR) is 70.7 cm³/mol. The van der Waals surface area contributed by atoms with Gasteiger partial charge in [0.05, 0.1) is 6.33 Å². The van der Waals surface area contributed by atoms with Crippen molar-refractivity contribution in [3.8, 4) is 0 Å². The summed E-state index contributed by atoms with van der Waals surface area (Å²) in [5.74, 6) is 0. The largest absolute Gasteiger partial charge is 0.336 e. The highest BCUT2D eigenvalue weighted by Gasteiger charge is 2.01. The maximum Gasteiger partial charge on any atom is 0.319 e. The van der Waals surface area contributed by atoms with Crippen LogP contribution >= 0.6 is 11.6 Å². The topological polar surface area (TPSA) is 59.0 Å². The summed E-state index contributed by atoms with van der Waals surface area (Å²) in [4.78, 5) is 15.5. The first-order valence-corrected chi connectivity index (χ1v) is 5.88. The van der Waals surface area contributed by atoms with Crippen molar-refractivity contribution in [2.75, 3.05) is 11.9 Å². The van der Waals surface area contributed by atoms with Crippen LogP contribution in [0.25, 0.3) is 0 Å². The second-order valence-electron chi connectivity index (χ2n) is 3.69. The quantitative estimate of drug-likeness (QED) is 0.891. The van der Waals surface area contributed by atoms with Gasteiger partial charge < -0.3 is 15.2 Å². The van der Waals surface area contributed by atoms with Crippen LogP contribution in [0.2, 0.25) is 5.02 Å². The zero-order valence-corrected chi connectivity index (χ0v) is 10.4. The fourth-order valence-electron chi connectivity index (χ4n) is 1.46. The Morgan fingerprint density at radius 1 is 1.44 bits per heavy atom. The Bertz CT molecular complexity index is 513. The number of carbonyl (C=O) groups is 1. The Morgan fingerprint density at radius 3 is 3.06 bits per heavy atom. The van der Waals surface area contributed by atoms with Gasteiger partial charge in [-0.3, -0.25) is 0 Å². The third kappa shape index (κ3) is 3.78. The molecule has 0 saturated carbocycles. The number of halogens is 1. The highest BCUT2D eigenvalue weighted by molar-refractivity contribution is 6.30. The van der Waals surface area contributed by atoms with Crippen LogP contribution in [0.15, 0.2) is 43.0 Å². The fraction of sp³-hybridized carbons (Fsp3) is 0.167. The lowest BCUT2D eigenvalue weighted by molar-refractivity contribution is 0.251. The monoisotopic (exact) mass is 264 g/mol. The van der Waals surface area contributed by atoms with E-state index in [0.717, 1.165) is 0 Å². The summed E-state index contributed by atoms with van der Waals surface area (Å²) in [6.45, 7) is 1.21. The Hall–Kier alpha value is -2.01. The van der Waals surface area contributed by atoms with Crippen molar-refractivity contribution >= 4 is 23.3 Å². The van der Waals surface area contributed by atoms with E-state index < -0.39 is 0 Å². The molecule has 0 aliphatic heterocycles. The van der Waals surface area contributed by atoms with Gasteiger partial charge in [0.25, 0.3) is 0 Å². The van der Waals surface area contributed by atoms with Crippen LogP contribution in [0.3, 0.4) is 0 Å². The van der Waals surface area contributed by atoms with E-state index >= 15 is 0 Å². The van der Waals surface area contributed by atoms with Gasteiger partial charge in [0.15, 0.2) is 0 Å². The van der Waals surface area contributed by atoms with Gasteiger partial charge in [-0.2, -0.15) is 0 Å². The molecule has 5 nitrogen and oxygen atoms in total. The Balaban J connectivity index is 1.75. The van der Waals surface area contributed by atoms with E-state index in [-0.39, 0.29) is 6.03 Å². The van der Waals surface area contributed by atoms with Crippen molar-refractivity contribution in [2.45, 2.75) is 6.54 Å². The molecule has 18 heavy (non-hydrogen) atoms. The first-order chi connectivity index (χ1) is 8.74. The average Bonchev–Trinajstić information content (AvgIpc) is 2.82. The molecule has 2 aromatic rings. The number of nitrogens with zero attached hydrogens (tertiary/aromatic N) is 2. The molecule has 1 heterocycles. The van der Waals surface area contributed by atoms with E-state index in [1.807, 2.05) is 10.8 Å². The molecule has 0 saturated heterocycles. The number of urea groups is 1. The van der Waals surface area contributed by atoms with Gasteiger partial charge in [-0.25, -0.2) is 9.78 Å². The average molecular weight is 265 g/mol. The normalized spacial score (nSPS) is 10.1. The minimum Gasteiger partial charge on any atom is -0.336 e. The number of benzene rings is 1. The lowest BCUT2D eigenvalue weighted by atomic mass is 10.3. The predicted octanol–water partition coefficient (Wildman–Crippen LogP) is 2.36. The molecule has 0 spiro atoms. The number of hydrogen-bond acceptors (Lipinski definition) is 2. The highest BCUT2D eigenvalue weighted by atomic mass is 35.5. The fourth-order valence-corrected chi connectivity index (χ4v) is 1.65. The van der Waals surface area contributed by atoms with Crippen molar-refractivity contribution in [2.24, 2.45) is 0 Å². The van der Waals surface area contributed by atoms with Crippen molar-refractivity contribution < 1.29 is 4.79 Å². The van der Waals surface area contributed by atoms with Crippen LogP contribution in [-0.2, 0) is 6.54 Å². The van der Waals surface area contributed by atoms with Crippen LogP contribution in [0.1, 0.15) is 0 Å². The summed E-state index contributed by atoms with van der Waals surface area (Å²) >= 11 is 5.82. The number of imidazole rings is 1. The molecule has 0 fully saturated rings. The van der Waals surface area contributed by atoms with Gasteiger partial charge in [-0.05, 0) is 18.2 Å². The van der Waals surface area contributed by atoms with E-state index in [4.69, 9.17) is 11.6 Å². The lowest BCUT2D eigenvalue weighted by Crippen LogP contribution is -2.31. The van der Waals surface area contributed by atoms with E-state index in [1.165, 1.54) is 0 Å². The maximum atomic E-state index is 11.6. The van der Waals surface area contributed by atoms with Gasteiger partial charge in [0, 0.05) is 36.2 Å². The van der Waals surface area contributed by atoms with Crippen LogP contribution in [-0.4, -0.2) is 22.1 Å². The number of anilines is 1. The third-order valence-corrected chi connectivity index (χ3v) is 2.53. The van der Waals surface area contributed by atoms with Crippen LogP contribution < -0.4 is 10.6 Å². The van der Waals surface area contributed by atoms with Crippen LogP contribution in [0.5, 0.6) is 0 Å². The number of carbonyl (C=O) groups excluding carboxylic acids is 1. The summed E-state index contributed by atoms with van der Waals surface area (Å²) < 4.78 is 1.89. The van der Waals surface area contributed by atoms with Gasteiger partial charge in [0.2, 0.25) is 0 Å². The maximum absolute atomic E-state index is 11.6. The molecule has 1 aromatic carbocycles. The summed E-state index contributed by atoms with van der Waals surface area (Å²) in [6.07, 6.45) is 5.25. The van der Waals surface area contributed by atoms with Gasteiger partial charge in [0.1, 0.15) is 0 Å². The molecule has 1 aromatic heterocycles. The molecule has 2 rings (SSSR count). The molecular formula is C12H13ClN4O. The molecule has 0 bridgehead atoms. The molecule has 0 unspecified atom stereocenters. The minimum absolute atomic E-state index is 0.252. The second kappa shape index (κ2) is 6.07. The summed E-state index contributed by atoms with van der Waals surface area (Å²) in [6, 6.07) is 6.75. The lowest BCUT2D eigenvalue weighted by Gasteiger charge is -2.08. The number of nitrogens with one attached hydrogen (secondary N) is 2. The molecule has 6 heteroatoms. The van der Waals surface area contributed by atoms with E-state index in [9.17, 15) is 4.79 Å². The second-order valence-corrected chi connectivity index (χ2v) is 4.13. The highest BCUT2D eigenvalue weighted by Crippen LogP contribution is 2.14. The molecular weight excluding hydrogens is 252 g/mol. The molecule has 2 amide bonds. The molecule has 0 aliphatic rings. The van der Waals surface area contributed by atoms with Crippen molar-refractivity contribution in [3.63, 3.8) is 0 Å². The van der Waals surface area contributed by atoms with Crippen molar-refractivity contribution in [1.82, 2.24) is 14.9 Å². The van der Waals surface area contributed by atoms with E-state index in [1.54, 1.807) is 36.8 Å². The number of hydrogen-bond donors (Lipinski definition) is 2. The summed E-state index contributed by atoms with van der Waals surface area (Å²) in [5.41, 5.74) is 0.669. The minimum atomic E-state index is -0.252. The number of aromatic nitrogens is 2. The van der Waals surface area contributed by atoms with Gasteiger partial charge >= 0.3 is 6.03 Å². The number of amides is 2. The van der Waals surface area contributed by atoms with Crippen molar-refractivity contribution in [1.29, 1.82) is 0 Å². The molecule has 2 N–H and O–H groups in total. The van der Waals surface area contributed by atoms with Crippen LogP contribution in [0.4, 0.5) is 10.5 Å². The Morgan fingerprint density at radius 2 is 2.33 bits per heavy atom.